The van der Waals surface area contributed by atoms with Crippen molar-refractivity contribution in [3.63, 3.8) is 0 Å². The minimum Gasteiger partial charge on any atom is -0.324 e. The highest BCUT2D eigenvalue weighted by molar-refractivity contribution is 5.87. The molecule has 2 amide bonds. The Morgan fingerprint density at radius 3 is 2.55 bits per heavy atom. The van der Waals surface area contributed by atoms with Crippen molar-refractivity contribution in [2.24, 2.45) is 5.41 Å². The lowest BCUT2D eigenvalue weighted by Crippen LogP contribution is -2.42. The van der Waals surface area contributed by atoms with Gasteiger partial charge in [0.15, 0.2) is 5.65 Å². The Morgan fingerprint density at radius 1 is 1.00 bits per heavy atom. The maximum Gasteiger partial charge on any atom is 0.324 e. The average molecular weight is 390 g/mol. The summed E-state index contributed by atoms with van der Waals surface area (Å²) in [4.78, 5) is 21.6. The van der Waals surface area contributed by atoms with Gasteiger partial charge < -0.3 is 4.90 Å². The summed E-state index contributed by atoms with van der Waals surface area (Å²) in [6.07, 6.45) is 5.21. The van der Waals surface area contributed by atoms with Crippen molar-refractivity contribution in [2.75, 3.05) is 31.5 Å². The summed E-state index contributed by atoms with van der Waals surface area (Å²) < 4.78 is 1.67. The number of nitrogens with one attached hydrogen (secondary N) is 1. The van der Waals surface area contributed by atoms with E-state index in [0.717, 1.165) is 57.6 Å². The first-order valence-corrected chi connectivity index (χ1v) is 10.3. The molecule has 2 saturated heterocycles. The second-order valence-electron chi connectivity index (χ2n) is 8.30. The minimum absolute atomic E-state index is 0.0931. The van der Waals surface area contributed by atoms with Gasteiger partial charge in [-0.15, -0.1) is 5.10 Å². The molecule has 0 atom stereocenters. The second-order valence-corrected chi connectivity index (χ2v) is 8.30. The van der Waals surface area contributed by atoms with E-state index in [4.69, 9.17) is 0 Å². The Bertz CT molecular complexity index is 960. The maximum absolute atomic E-state index is 12.7. The molecule has 2 aromatic heterocycles. The summed E-state index contributed by atoms with van der Waals surface area (Å²) in [6, 6.07) is 16.2. The van der Waals surface area contributed by atoms with Crippen molar-refractivity contribution in [3.05, 3.63) is 60.3 Å². The average Bonchev–Trinajstić information content (AvgIpc) is 3.35. The summed E-state index contributed by atoms with van der Waals surface area (Å²) in [5.41, 5.74) is 2.36. The fourth-order valence-electron chi connectivity index (χ4n) is 4.60. The molecule has 2 aliphatic heterocycles. The number of anilines is 1. The molecule has 7 nitrogen and oxygen atoms in total. The highest BCUT2D eigenvalue weighted by atomic mass is 16.2. The molecule has 5 rings (SSSR count). The van der Waals surface area contributed by atoms with E-state index in [1.165, 1.54) is 5.56 Å². The number of hydrogen-bond acceptors (Lipinski definition) is 4. The van der Waals surface area contributed by atoms with Gasteiger partial charge in [0.05, 0.1) is 0 Å². The van der Waals surface area contributed by atoms with Crippen molar-refractivity contribution in [2.45, 2.75) is 25.8 Å². The van der Waals surface area contributed by atoms with Crippen molar-refractivity contribution in [1.82, 2.24) is 24.4 Å². The second kappa shape index (κ2) is 7.48. The number of pyridine rings is 1. The molecule has 0 aliphatic carbocycles. The van der Waals surface area contributed by atoms with E-state index in [-0.39, 0.29) is 11.4 Å². The summed E-state index contributed by atoms with van der Waals surface area (Å²) >= 11 is 0. The van der Waals surface area contributed by atoms with Gasteiger partial charge in [-0.05, 0) is 55.5 Å². The van der Waals surface area contributed by atoms with Crippen LogP contribution in [0.5, 0.6) is 0 Å². The van der Waals surface area contributed by atoms with Gasteiger partial charge in [0, 0.05) is 25.8 Å². The molecule has 7 heteroatoms. The van der Waals surface area contributed by atoms with Crippen LogP contribution in [0.2, 0.25) is 0 Å². The van der Waals surface area contributed by atoms with Crippen LogP contribution < -0.4 is 5.32 Å². The Balaban J connectivity index is 1.16. The fraction of sp³-hybridized carbons (Fsp3) is 0.409. The highest BCUT2D eigenvalue weighted by Gasteiger charge is 2.42. The van der Waals surface area contributed by atoms with E-state index in [2.05, 4.69) is 50.6 Å². The van der Waals surface area contributed by atoms with Gasteiger partial charge in [-0.25, -0.2) is 9.31 Å². The van der Waals surface area contributed by atoms with Gasteiger partial charge in [0.2, 0.25) is 0 Å². The van der Waals surface area contributed by atoms with Gasteiger partial charge >= 0.3 is 6.03 Å². The number of piperidine rings is 1. The Kier molecular flexibility index (Phi) is 4.67. The number of likely N-dealkylation sites (tertiary alicyclic amines) is 2. The van der Waals surface area contributed by atoms with Crippen LogP contribution >= 0.6 is 0 Å². The molecule has 2 fully saturated rings. The number of aromatic nitrogens is 3. The fourth-order valence-corrected chi connectivity index (χ4v) is 4.60. The molecular formula is C22H26N6O. The molecule has 29 heavy (non-hydrogen) atoms. The molecule has 0 bridgehead atoms. The van der Waals surface area contributed by atoms with Crippen LogP contribution in [0.1, 0.15) is 24.8 Å². The van der Waals surface area contributed by atoms with E-state index in [9.17, 15) is 4.79 Å². The molecular weight excluding hydrogens is 364 g/mol. The molecule has 1 N–H and O–H groups in total. The molecule has 3 aromatic rings. The van der Waals surface area contributed by atoms with Crippen LogP contribution in [-0.2, 0) is 6.54 Å². The third-order valence-electron chi connectivity index (χ3n) is 6.35. The maximum atomic E-state index is 12.7. The van der Waals surface area contributed by atoms with Gasteiger partial charge in [0.1, 0.15) is 0 Å². The van der Waals surface area contributed by atoms with Crippen molar-refractivity contribution in [3.8, 4) is 0 Å². The lowest BCUT2D eigenvalue weighted by molar-refractivity contribution is 0.106. The lowest BCUT2D eigenvalue weighted by Gasteiger charge is -2.39. The molecule has 0 unspecified atom stereocenters. The number of carbonyl (C=O) groups excluding carboxylic acids is 1. The molecule has 2 aliphatic rings. The normalized spacial score (nSPS) is 19.1. The monoisotopic (exact) mass is 390 g/mol. The highest BCUT2D eigenvalue weighted by Crippen LogP contribution is 2.40. The summed E-state index contributed by atoms with van der Waals surface area (Å²) in [6.45, 7) is 4.83. The predicted molar refractivity (Wildman–Crippen MR) is 112 cm³/mol. The van der Waals surface area contributed by atoms with Crippen molar-refractivity contribution >= 4 is 17.6 Å². The zero-order valence-electron chi connectivity index (χ0n) is 16.5. The van der Waals surface area contributed by atoms with Crippen LogP contribution in [0.25, 0.3) is 5.65 Å². The number of hydrogen-bond donors (Lipinski definition) is 1. The van der Waals surface area contributed by atoms with Crippen LogP contribution in [0.15, 0.2) is 54.7 Å². The van der Waals surface area contributed by atoms with Gasteiger partial charge in [-0.1, -0.05) is 36.4 Å². The first-order valence-electron chi connectivity index (χ1n) is 10.3. The number of carbonyl (C=O) groups is 1. The standard InChI is InChI=1S/C22H26N6O/c29-21(24-20-23-19-8-4-5-12-28(19)25-20)27-15-11-22(17-27)9-13-26(14-10-22)16-18-6-2-1-3-7-18/h1-8,12H,9-11,13-17H2,(H,24,25,29). The van der Waals surface area contributed by atoms with E-state index in [0.29, 0.717) is 5.95 Å². The number of amides is 2. The third-order valence-corrected chi connectivity index (χ3v) is 6.35. The van der Waals surface area contributed by atoms with Gasteiger partial charge in [-0.2, -0.15) is 4.98 Å². The van der Waals surface area contributed by atoms with E-state index >= 15 is 0 Å². The lowest BCUT2D eigenvalue weighted by atomic mass is 9.77. The van der Waals surface area contributed by atoms with Gasteiger partial charge in [-0.3, -0.25) is 10.2 Å². The molecule has 1 aromatic carbocycles. The molecule has 0 saturated carbocycles. The first-order chi connectivity index (χ1) is 14.2. The summed E-state index contributed by atoms with van der Waals surface area (Å²) in [5.74, 6) is 0.361. The summed E-state index contributed by atoms with van der Waals surface area (Å²) in [5, 5.41) is 7.19. The number of benzene rings is 1. The number of nitrogens with zero attached hydrogens (tertiary/aromatic N) is 5. The minimum atomic E-state index is -0.0931. The topological polar surface area (TPSA) is 65.8 Å². The zero-order valence-corrected chi connectivity index (χ0v) is 16.5. The summed E-state index contributed by atoms with van der Waals surface area (Å²) in [7, 11) is 0. The first kappa shape index (κ1) is 18.1. The smallest absolute Gasteiger partial charge is 0.324 e. The quantitative estimate of drug-likeness (QED) is 0.746. The van der Waals surface area contributed by atoms with E-state index in [1.807, 2.05) is 29.3 Å². The SMILES string of the molecule is O=C(Nc1nc2ccccn2n1)N1CCC2(CCN(Cc3ccccc3)CC2)C1. The van der Waals surface area contributed by atoms with Crippen molar-refractivity contribution in [1.29, 1.82) is 0 Å². The van der Waals surface area contributed by atoms with Gasteiger partial charge in [0.25, 0.3) is 5.95 Å². The van der Waals surface area contributed by atoms with E-state index < -0.39 is 0 Å². The van der Waals surface area contributed by atoms with Crippen LogP contribution in [0.4, 0.5) is 10.7 Å². The van der Waals surface area contributed by atoms with Crippen LogP contribution in [0.3, 0.4) is 0 Å². The zero-order chi connectivity index (χ0) is 19.7. The largest absolute Gasteiger partial charge is 0.324 e. The Labute approximate surface area is 170 Å². The molecule has 150 valence electrons. The third kappa shape index (κ3) is 3.82. The van der Waals surface area contributed by atoms with E-state index in [1.54, 1.807) is 4.52 Å². The number of urea groups is 1. The molecule has 4 heterocycles. The molecule has 0 radical (unpaired) electrons. The number of rotatable bonds is 3. The number of fused-ring (bicyclic) bond motifs is 1. The molecule has 1 spiro atoms. The van der Waals surface area contributed by atoms with Crippen LogP contribution in [0, 0.1) is 5.41 Å². The Morgan fingerprint density at radius 2 is 1.76 bits per heavy atom. The van der Waals surface area contributed by atoms with Crippen LogP contribution in [-0.4, -0.2) is 56.6 Å². The Hall–Kier alpha value is -2.93. The predicted octanol–water partition coefficient (Wildman–Crippen LogP) is 3.25. The van der Waals surface area contributed by atoms with Crippen molar-refractivity contribution < 1.29 is 4.79 Å².